The van der Waals surface area contributed by atoms with Crippen LogP contribution in [-0.2, 0) is 17.5 Å². The van der Waals surface area contributed by atoms with Crippen molar-refractivity contribution in [1.29, 1.82) is 0 Å². The summed E-state index contributed by atoms with van der Waals surface area (Å²) in [5, 5.41) is 11.3. The molecule has 0 saturated heterocycles. The van der Waals surface area contributed by atoms with Crippen molar-refractivity contribution < 1.29 is 14.3 Å². The molecule has 1 heterocycles. The maximum absolute atomic E-state index is 10.8. The molecule has 0 bridgehead atoms. The smallest absolute Gasteiger partial charge is 0.410 e. The van der Waals surface area contributed by atoms with Crippen LogP contribution >= 0.6 is 0 Å². The molecule has 0 aliphatic carbocycles. The molecule has 1 aromatic heterocycles. The molecule has 0 fully saturated rings. The van der Waals surface area contributed by atoms with Crippen molar-refractivity contribution in [3.8, 4) is 0 Å². The molecule has 0 aromatic carbocycles. The Morgan fingerprint density at radius 2 is 2.00 bits per heavy atom. The van der Waals surface area contributed by atoms with Crippen LogP contribution in [0.15, 0.2) is 12.1 Å². The largest absolute Gasteiger partial charge is 0.465 e. The zero-order chi connectivity index (χ0) is 16.3. The van der Waals surface area contributed by atoms with Gasteiger partial charge in [0.25, 0.3) is 0 Å². The van der Waals surface area contributed by atoms with Gasteiger partial charge in [0.1, 0.15) is 5.82 Å². The molecule has 6 heteroatoms. The predicted octanol–water partition coefficient (Wildman–Crippen LogP) is 4.26. The predicted molar refractivity (Wildman–Crippen MR) is 87.2 cm³/mol. The van der Waals surface area contributed by atoms with Gasteiger partial charge in [-0.1, -0.05) is 27.7 Å². The number of hydrogen-bond donors (Lipinski definition) is 2. The van der Waals surface area contributed by atoms with E-state index in [1.54, 1.807) is 6.07 Å². The lowest BCUT2D eigenvalue weighted by Gasteiger charge is -2.36. The first-order valence-corrected chi connectivity index (χ1v) is 10.1. The fourth-order valence-electron chi connectivity index (χ4n) is 1.57. The van der Waals surface area contributed by atoms with Gasteiger partial charge in [-0.2, -0.15) is 0 Å². The molecule has 0 unspecified atom stereocenters. The summed E-state index contributed by atoms with van der Waals surface area (Å²) in [7, 11) is -1.82. The van der Waals surface area contributed by atoms with E-state index in [0.717, 1.165) is 17.7 Å². The molecule has 21 heavy (non-hydrogen) atoms. The Balaban J connectivity index is 2.90. The standard InChI is InChI=1S/C15H26N2O3Si/c1-7-12-8-11(9-13(16-12)17-14(18)19)10-20-21(5,6)15(2,3)4/h8-9H,7,10H2,1-6H3,(H,16,17)(H,18,19). The fraction of sp³-hybridized carbons (Fsp3) is 0.600. The number of carboxylic acid groups (broad SMARTS) is 1. The Bertz CT molecular complexity index is 510. The second-order valence-electron chi connectivity index (χ2n) is 6.68. The molecule has 118 valence electrons. The van der Waals surface area contributed by atoms with Crippen molar-refractivity contribution in [2.45, 2.75) is 58.9 Å². The lowest BCUT2D eigenvalue weighted by atomic mass is 10.2. The van der Waals surface area contributed by atoms with Crippen molar-refractivity contribution in [2.75, 3.05) is 5.32 Å². The molecule has 0 aliphatic rings. The van der Waals surface area contributed by atoms with Crippen LogP contribution in [0.25, 0.3) is 0 Å². The van der Waals surface area contributed by atoms with Crippen LogP contribution in [0.4, 0.5) is 10.6 Å². The van der Waals surface area contributed by atoms with E-state index in [1.165, 1.54) is 0 Å². The summed E-state index contributed by atoms with van der Waals surface area (Å²) in [6.45, 7) is 13.5. The molecule has 5 nitrogen and oxygen atoms in total. The lowest BCUT2D eigenvalue weighted by molar-refractivity contribution is 0.209. The molecule has 0 aliphatic heterocycles. The van der Waals surface area contributed by atoms with E-state index in [0.29, 0.717) is 12.4 Å². The number of aromatic nitrogens is 1. The minimum absolute atomic E-state index is 0.149. The molecule has 1 amide bonds. The van der Waals surface area contributed by atoms with Gasteiger partial charge in [-0.05, 0) is 42.2 Å². The van der Waals surface area contributed by atoms with Crippen molar-refractivity contribution in [3.05, 3.63) is 23.4 Å². The van der Waals surface area contributed by atoms with Crippen LogP contribution in [0.2, 0.25) is 18.1 Å². The number of amides is 1. The Labute approximate surface area is 127 Å². The minimum Gasteiger partial charge on any atom is -0.465 e. The van der Waals surface area contributed by atoms with Crippen molar-refractivity contribution in [3.63, 3.8) is 0 Å². The molecule has 2 N–H and O–H groups in total. The SMILES string of the molecule is CCc1cc(CO[Si](C)(C)C(C)(C)C)cc(NC(=O)O)n1. The highest BCUT2D eigenvalue weighted by molar-refractivity contribution is 6.74. The van der Waals surface area contributed by atoms with E-state index >= 15 is 0 Å². The van der Waals surface area contributed by atoms with Gasteiger partial charge >= 0.3 is 6.09 Å². The summed E-state index contributed by atoms with van der Waals surface area (Å²) in [6.07, 6.45) is -0.352. The lowest BCUT2D eigenvalue weighted by Crippen LogP contribution is -2.40. The molecule has 0 atom stereocenters. The quantitative estimate of drug-likeness (QED) is 0.797. The first kappa shape index (κ1) is 17.6. The van der Waals surface area contributed by atoms with Gasteiger partial charge < -0.3 is 9.53 Å². The number of rotatable bonds is 5. The summed E-state index contributed by atoms with van der Waals surface area (Å²) >= 11 is 0. The second-order valence-corrected chi connectivity index (χ2v) is 11.5. The van der Waals surface area contributed by atoms with Crippen molar-refractivity contribution >= 4 is 20.2 Å². The topological polar surface area (TPSA) is 71.5 Å². The first-order chi connectivity index (χ1) is 9.55. The van der Waals surface area contributed by atoms with Gasteiger partial charge in [-0.15, -0.1) is 0 Å². The number of nitrogens with one attached hydrogen (secondary N) is 1. The number of aryl methyl sites for hydroxylation is 1. The highest BCUT2D eigenvalue weighted by atomic mass is 28.4. The monoisotopic (exact) mass is 310 g/mol. The summed E-state index contributed by atoms with van der Waals surface area (Å²) in [5.41, 5.74) is 1.81. The summed E-state index contributed by atoms with van der Waals surface area (Å²) in [4.78, 5) is 15.0. The van der Waals surface area contributed by atoms with Crippen LogP contribution < -0.4 is 5.32 Å². The molecule has 0 spiro atoms. The normalized spacial score (nSPS) is 12.3. The van der Waals surface area contributed by atoms with E-state index in [4.69, 9.17) is 9.53 Å². The first-order valence-electron chi connectivity index (χ1n) is 7.19. The van der Waals surface area contributed by atoms with E-state index in [9.17, 15) is 4.79 Å². The zero-order valence-corrected chi connectivity index (χ0v) is 14.8. The number of pyridine rings is 1. The zero-order valence-electron chi connectivity index (χ0n) is 13.8. The summed E-state index contributed by atoms with van der Waals surface area (Å²) in [6, 6.07) is 3.71. The molecular weight excluding hydrogens is 284 g/mol. The average molecular weight is 310 g/mol. The fourth-order valence-corrected chi connectivity index (χ4v) is 2.53. The van der Waals surface area contributed by atoms with E-state index in [2.05, 4.69) is 44.2 Å². The molecule has 0 saturated carbocycles. The Kier molecular flexibility index (Phi) is 5.52. The number of anilines is 1. The van der Waals surface area contributed by atoms with Crippen LogP contribution in [0.1, 0.15) is 39.0 Å². The average Bonchev–Trinajstić information content (AvgIpc) is 2.34. The van der Waals surface area contributed by atoms with Crippen molar-refractivity contribution in [2.24, 2.45) is 0 Å². The van der Waals surface area contributed by atoms with Crippen LogP contribution in [0.3, 0.4) is 0 Å². The third-order valence-corrected chi connectivity index (χ3v) is 8.42. The van der Waals surface area contributed by atoms with E-state index in [1.807, 2.05) is 13.0 Å². The minimum atomic E-state index is -1.82. The second kappa shape index (κ2) is 6.57. The van der Waals surface area contributed by atoms with Gasteiger partial charge in [0, 0.05) is 5.69 Å². The van der Waals surface area contributed by atoms with Crippen LogP contribution in [0.5, 0.6) is 0 Å². The number of nitrogens with zero attached hydrogens (tertiary/aromatic N) is 1. The summed E-state index contributed by atoms with van der Waals surface area (Å²) in [5.74, 6) is 0.357. The van der Waals surface area contributed by atoms with Gasteiger partial charge in [0.05, 0.1) is 6.61 Å². The molecule has 1 rings (SSSR count). The third-order valence-electron chi connectivity index (χ3n) is 3.94. The summed E-state index contributed by atoms with van der Waals surface area (Å²) < 4.78 is 6.18. The van der Waals surface area contributed by atoms with Gasteiger partial charge in [-0.25, -0.2) is 9.78 Å². The van der Waals surface area contributed by atoms with Gasteiger partial charge in [-0.3, -0.25) is 5.32 Å². The van der Waals surface area contributed by atoms with E-state index in [-0.39, 0.29) is 5.04 Å². The van der Waals surface area contributed by atoms with Gasteiger partial charge in [0.2, 0.25) is 0 Å². The molecule has 1 aromatic rings. The number of hydrogen-bond acceptors (Lipinski definition) is 3. The number of carbonyl (C=O) groups is 1. The Hall–Kier alpha value is -1.40. The third kappa shape index (κ3) is 5.13. The maximum atomic E-state index is 10.8. The molecular formula is C15H26N2O3Si. The highest BCUT2D eigenvalue weighted by Crippen LogP contribution is 2.37. The van der Waals surface area contributed by atoms with E-state index < -0.39 is 14.4 Å². The van der Waals surface area contributed by atoms with Crippen molar-refractivity contribution in [1.82, 2.24) is 4.98 Å². The van der Waals surface area contributed by atoms with Crippen LogP contribution in [0, 0.1) is 0 Å². The van der Waals surface area contributed by atoms with Crippen LogP contribution in [-0.4, -0.2) is 24.5 Å². The Morgan fingerprint density at radius 3 is 2.48 bits per heavy atom. The maximum Gasteiger partial charge on any atom is 0.410 e. The Morgan fingerprint density at radius 1 is 1.38 bits per heavy atom. The molecule has 0 radical (unpaired) electrons. The van der Waals surface area contributed by atoms with Gasteiger partial charge in [0.15, 0.2) is 8.32 Å². The highest BCUT2D eigenvalue weighted by Gasteiger charge is 2.37.